The van der Waals surface area contributed by atoms with Gasteiger partial charge in [-0.15, -0.1) is 11.8 Å². The van der Waals surface area contributed by atoms with Gasteiger partial charge in [-0.2, -0.15) is 0 Å². The van der Waals surface area contributed by atoms with Crippen LogP contribution in [0.3, 0.4) is 0 Å². The number of pyridine rings is 1. The van der Waals surface area contributed by atoms with Crippen LogP contribution in [0.5, 0.6) is 5.75 Å². The third-order valence-corrected chi connectivity index (χ3v) is 8.02. The van der Waals surface area contributed by atoms with Crippen LogP contribution in [-0.2, 0) is 4.79 Å². The Labute approximate surface area is 216 Å². The molecule has 0 saturated carbocycles. The molecule has 36 heavy (non-hydrogen) atoms. The average Bonchev–Trinajstić information content (AvgIpc) is 2.90. The van der Waals surface area contributed by atoms with Crippen LogP contribution in [0.25, 0.3) is 10.9 Å². The zero-order valence-corrected chi connectivity index (χ0v) is 21.4. The number of fused-ring (bicyclic) bond motifs is 1. The van der Waals surface area contributed by atoms with Crippen molar-refractivity contribution in [1.82, 2.24) is 19.9 Å². The second-order valence-corrected chi connectivity index (χ2v) is 10.4. The van der Waals surface area contributed by atoms with Gasteiger partial charge in [0.1, 0.15) is 12.1 Å². The molecular formula is C27H34N4O4S. The van der Waals surface area contributed by atoms with Gasteiger partial charge in [-0.1, -0.05) is 0 Å². The lowest BCUT2D eigenvalue weighted by molar-refractivity contribution is -0.139. The number of aromatic nitrogens is 3. The lowest BCUT2D eigenvalue weighted by Crippen LogP contribution is -2.42. The second kappa shape index (κ2) is 13.0. The van der Waals surface area contributed by atoms with E-state index in [1.165, 1.54) is 0 Å². The van der Waals surface area contributed by atoms with Crippen molar-refractivity contribution >= 4 is 28.6 Å². The van der Waals surface area contributed by atoms with Crippen molar-refractivity contribution in [3.05, 3.63) is 54.6 Å². The Balaban J connectivity index is 1.31. The molecule has 3 aromatic rings. The fraction of sp³-hybridized carbons (Fsp3) is 0.481. The van der Waals surface area contributed by atoms with Crippen molar-refractivity contribution in [2.45, 2.75) is 43.2 Å². The topological polar surface area (TPSA) is 109 Å². The van der Waals surface area contributed by atoms with Crippen molar-refractivity contribution in [1.29, 1.82) is 0 Å². The summed E-state index contributed by atoms with van der Waals surface area (Å²) in [7, 11) is 1.62. The summed E-state index contributed by atoms with van der Waals surface area (Å²) in [5, 5.41) is 22.5. The molecular weight excluding hydrogens is 476 g/mol. The van der Waals surface area contributed by atoms with E-state index in [0.29, 0.717) is 6.42 Å². The third-order valence-electron chi connectivity index (χ3n) is 6.99. The number of piperidine rings is 1. The summed E-state index contributed by atoms with van der Waals surface area (Å²) >= 11 is 1.72. The molecule has 1 aliphatic heterocycles. The van der Waals surface area contributed by atoms with E-state index in [1.807, 2.05) is 30.3 Å². The fourth-order valence-corrected chi connectivity index (χ4v) is 5.88. The summed E-state index contributed by atoms with van der Waals surface area (Å²) < 4.78 is 5.35. The Hall–Kier alpha value is -2.75. The summed E-state index contributed by atoms with van der Waals surface area (Å²) in [6.07, 6.45) is 7.94. The average molecular weight is 511 g/mol. The van der Waals surface area contributed by atoms with Crippen LogP contribution >= 0.6 is 11.8 Å². The van der Waals surface area contributed by atoms with E-state index in [0.717, 1.165) is 71.9 Å². The molecule has 3 heterocycles. The number of rotatable bonds is 12. The number of benzene rings is 1. The summed E-state index contributed by atoms with van der Waals surface area (Å²) in [5.41, 5.74) is 1.66. The second-order valence-electron chi connectivity index (χ2n) is 9.33. The van der Waals surface area contributed by atoms with Gasteiger partial charge in [-0.3, -0.25) is 9.78 Å². The maximum atomic E-state index is 11.6. The van der Waals surface area contributed by atoms with Crippen LogP contribution in [0.1, 0.15) is 43.8 Å². The van der Waals surface area contributed by atoms with Gasteiger partial charge in [0, 0.05) is 36.5 Å². The molecule has 2 N–H and O–H groups in total. The number of likely N-dealkylation sites (tertiary alicyclic amines) is 1. The predicted octanol–water partition coefficient (Wildman–Crippen LogP) is 4.44. The predicted molar refractivity (Wildman–Crippen MR) is 140 cm³/mol. The maximum absolute atomic E-state index is 11.6. The molecule has 0 radical (unpaired) electrons. The van der Waals surface area contributed by atoms with Gasteiger partial charge >= 0.3 is 5.97 Å². The smallest absolute Gasteiger partial charge is 0.303 e. The van der Waals surface area contributed by atoms with E-state index in [9.17, 15) is 15.0 Å². The zero-order valence-electron chi connectivity index (χ0n) is 20.6. The van der Waals surface area contributed by atoms with E-state index >= 15 is 0 Å². The molecule has 0 aliphatic carbocycles. The number of thioether (sulfide) groups is 1. The molecule has 0 bridgehead atoms. The number of aliphatic hydroxyl groups excluding tert-OH is 1. The zero-order chi connectivity index (χ0) is 25.3. The molecule has 0 unspecified atom stereocenters. The fourth-order valence-electron chi connectivity index (χ4n) is 5.12. The molecule has 4 rings (SSSR count). The van der Waals surface area contributed by atoms with E-state index in [-0.39, 0.29) is 18.3 Å². The van der Waals surface area contributed by atoms with Crippen LogP contribution in [0.4, 0.5) is 0 Å². The molecule has 192 valence electrons. The molecule has 1 fully saturated rings. The van der Waals surface area contributed by atoms with Crippen molar-refractivity contribution in [3.8, 4) is 5.75 Å². The monoisotopic (exact) mass is 510 g/mol. The van der Waals surface area contributed by atoms with Gasteiger partial charge in [0.2, 0.25) is 0 Å². The molecule has 2 aromatic heterocycles. The van der Waals surface area contributed by atoms with Gasteiger partial charge in [0.25, 0.3) is 0 Å². The van der Waals surface area contributed by atoms with Crippen LogP contribution in [0.15, 0.2) is 54.1 Å². The number of ether oxygens (including phenoxy) is 1. The third kappa shape index (κ3) is 7.15. The molecule has 9 heteroatoms. The first-order valence-corrected chi connectivity index (χ1v) is 13.5. The Morgan fingerprint density at radius 1 is 1.22 bits per heavy atom. The first-order chi connectivity index (χ1) is 17.5. The van der Waals surface area contributed by atoms with Gasteiger partial charge in [0.15, 0.2) is 0 Å². The highest BCUT2D eigenvalue weighted by Gasteiger charge is 2.31. The minimum atomic E-state index is -0.751. The minimum absolute atomic E-state index is 0.0900. The number of carboxylic acids is 1. The van der Waals surface area contributed by atoms with E-state index in [4.69, 9.17) is 4.74 Å². The van der Waals surface area contributed by atoms with E-state index in [2.05, 4.69) is 19.9 Å². The number of carboxylic acid groups (broad SMARTS) is 1. The van der Waals surface area contributed by atoms with Crippen LogP contribution < -0.4 is 4.74 Å². The van der Waals surface area contributed by atoms with Gasteiger partial charge in [-0.25, -0.2) is 9.97 Å². The summed E-state index contributed by atoms with van der Waals surface area (Å²) in [6, 6.07) is 9.46. The Morgan fingerprint density at radius 2 is 2.11 bits per heavy atom. The van der Waals surface area contributed by atoms with Crippen molar-refractivity contribution in [2.24, 2.45) is 11.8 Å². The highest BCUT2D eigenvalue weighted by Crippen LogP contribution is 2.35. The number of methoxy groups -OCH3 is 1. The standard InChI is InChI=1S/C27H34N4O4S/c1-35-21-4-5-24-23(16-21)22(7-11-29-24)25(32)6-3-19-9-13-31(17-20(19)15-27(33)34)12-2-14-36-26-8-10-28-18-30-26/h4-5,7-8,10-11,16,18-20,25,32H,2-3,6,9,12-15,17H2,1H3,(H,33,34)/t19-,20+,25-/m1/s1. The molecule has 8 nitrogen and oxygen atoms in total. The van der Waals surface area contributed by atoms with Crippen molar-refractivity contribution in [2.75, 3.05) is 32.5 Å². The quantitative estimate of drug-likeness (QED) is 0.208. The van der Waals surface area contributed by atoms with Gasteiger partial charge in [0.05, 0.1) is 23.8 Å². The highest BCUT2D eigenvalue weighted by molar-refractivity contribution is 7.99. The summed E-state index contributed by atoms with van der Waals surface area (Å²) in [5.74, 6) is 1.32. The van der Waals surface area contributed by atoms with E-state index in [1.54, 1.807) is 37.6 Å². The van der Waals surface area contributed by atoms with Gasteiger partial charge < -0.3 is 19.8 Å². The number of hydrogen-bond acceptors (Lipinski definition) is 8. The van der Waals surface area contributed by atoms with Crippen molar-refractivity contribution in [3.63, 3.8) is 0 Å². The Kier molecular flexibility index (Phi) is 9.49. The van der Waals surface area contributed by atoms with Crippen LogP contribution in [0, 0.1) is 11.8 Å². The van der Waals surface area contributed by atoms with Gasteiger partial charge in [-0.05, 0) is 86.5 Å². The highest BCUT2D eigenvalue weighted by atomic mass is 32.2. The first kappa shape index (κ1) is 26.3. The SMILES string of the molecule is COc1ccc2nccc([C@H](O)CC[C@@H]3CCN(CCCSc4ccncn4)C[C@@H]3CC(=O)O)c2c1. The lowest BCUT2D eigenvalue weighted by Gasteiger charge is -2.38. The van der Waals surface area contributed by atoms with Crippen LogP contribution in [0.2, 0.25) is 0 Å². The number of aliphatic carboxylic acids is 1. The van der Waals surface area contributed by atoms with E-state index < -0.39 is 12.1 Å². The van der Waals surface area contributed by atoms with Crippen LogP contribution in [-0.4, -0.2) is 68.5 Å². The molecule has 0 amide bonds. The Morgan fingerprint density at radius 3 is 2.89 bits per heavy atom. The molecule has 0 spiro atoms. The molecule has 1 aliphatic rings. The molecule has 3 atom stereocenters. The lowest BCUT2D eigenvalue weighted by atomic mass is 9.79. The number of hydrogen-bond donors (Lipinski definition) is 2. The minimum Gasteiger partial charge on any atom is -0.497 e. The number of carbonyl (C=O) groups is 1. The maximum Gasteiger partial charge on any atom is 0.303 e. The Bertz CT molecular complexity index is 1130. The first-order valence-electron chi connectivity index (χ1n) is 12.5. The largest absolute Gasteiger partial charge is 0.497 e. The summed E-state index contributed by atoms with van der Waals surface area (Å²) in [4.78, 5) is 26.6. The molecule has 1 aromatic carbocycles. The molecule has 1 saturated heterocycles. The normalized spacial score (nSPS) is 19.3. The summed E-state index contributed by atoms with van der Waals surface area (Å²) in [6.45, 7) is 2.71. The number of aliphatic hydroxyl groups is 1. The van der Waals surface area contributed by atoms with Crippen molar-refractivity contribution < 1.29 is 19.7 Å². The number of nitrogens with zero attached hydrogens (tertiary/aromatic N) is 4.